The summed E-state index contributed by atoms with van der Waals surface area (Å²) >= 11 is 0. The van der Waals surface area contributed by atoms with E-state index in [2.05, 4.69) is 63.1 Å². The number of nitrogen functional groups attached to an aromatic ring is 1. The smallest absolute Gasteiger partial charge is 0.264 e. The number of fused-ring (bicyclic) bond motifs is 2. The van der Waals surface area contributed by atoms with Crippen molar-refractivity contribution in [1.82, 2.24) is 54.4 Å². The summed E-state index contributed by atoms with van der Waals surface area (Å²) in [5.41, 5.74) is 11.6. The summed E-state index contributed by atoms with van der Waals surface area (Å²) in [6.07, 6.45) is 11.3. The van der Waals surface area contributed by atoms with Gasteiger partial charge in [-0.2, -0.15) is 0 Å². The standard InChI is InChI=1S/C45H53N15O7/c1-47-43(62)38(6-3-19-61)60-44(63)34-4-2-5-35(40(34)45(60)64)49-12-20-65-22-24-67-25-23-66-21-18-59-29-32(54-55-59)28-56-14-16-57(17-15-56)33-9-7-31(8-10-33)51-41-42-50-11-13-58(42)30-37(53-41)36-26-48-27-39(46)52-36/h2,4-5,7-11,13,19,26-27,29-30,38,49H,3,6,12,14-18,20-25,28H2,1H3,(H2,46,52)(H,47,62)(H,51,53). The maximum absolute atomic E-state index is 13.3. The van der Waals surface area contributed by atoms with Gasteiger partial charge in [0.1, 0.15) is 29.5 Å². The Labute approximate surface area is 385 Å². The molecule has 8 rings (SSSR count). The van der Waals surface area contributed by atoms with Gasteiger partial charge in [-0.1, -0.05) is 11.3 Å². The largest absolute Gasteiger partial charge is 0.382 e. The van der Waals surface area contributed by atoms with E-state index in [4.69, 9.17) is 24.9 Å². The van der Waals surface area contributed by atoms with Crippen LogP contribution in [0.2, 0.25) is 0 Å². The lowest BCUT2D eigenvalue weighted by Gasteiger charge is -2.35. The first-order valence-corrected chi connectivity index (χ1v) is 22.1. The summed E-state index contributed by atoms with van der Waals surface area (Å²) in [7, 11) is 1.42. The molecule has 0 bridgehead atoms. The van der Waals surface area contributed by atoms with Crippen LogP contribution in [0.3, 0.4) is 0 Å². The minimum atomic E-state index is -1.08. The van der Waals surface area contributed by atoms with Gasteiger partial charge in [0.05, 0.1) is 75.4 Å². The van der Waals surface area contributed by atoms with Gasteiger partial charge in [-0.15, -0.1) is 5.10 Å². The number of benzene rings is 2. The zero-order valence-corrected chi connectivity index (χ0v) is 37.1. The van der Waals surface area contributed by atoms with Gasteiger partial charge in [-0.25, -0.2) is 19.6 Å². The van der Waals surface area contributed by atoms with E-state index in [-0.39, 0.29) is 24.0 Å². The fourth-order valence-corrected chi connectivity index (χ4v) is 7.91. The Balaban J connectivity index is 0.677. The van der Waals surface area contributed by atoms with Crippen LogP contribution in [-0.4, -0.2) is 159 Å². The molecule has 22 heteroatoms. The van der Waals surface area contributed by atoms with Gasteiger partial charge in [-0.3, -0.25) is 29.2 Å². The van der Waals surface area contributed by atoms with E-state index in [9.17, 15) is 19.2 Å². The minimum Gasteiger partial charge on any atom is -0.382 e. The predicted molar refractivity (Wildman–Crippen MR) is 247 cm³/mol. The van der Waals surface area contributed by atoms with Crippen molar-refractivity contribution in [3.63, 3.8) is 0 Å². The highest BCUT2D eigenvalue weighted by Gasteiger charge is 2.43. The van der Waals surface area contributed by atoms with E-state index in [1.165, 1.54) is 13.2 Å². The molecule has 2 aliphatic heterocycles. The Morgan fingerprint density at radius 1 is 0.896 bits per heavy atom. The number of hydrogen-bond donors (Lipinski definition) is 4. The van der Waals surface area contributed by atoms with Gasteiger partial charge in [0.15, 0.2) is 11.5 Å². The van der Waals surface area contributed by atoms with Crippen molar-refractivity contribution in [3.8, 4) is 11.4 Å². The number of carbonyl (C=O) groups is 4. The van der Waals surface area contributed by atoms with Crippen LogP contribution in [0.25, 0.3) is 17.0 Å². The Morgan fingerprint density at radius 3 is 2.43 bits per heavy atom. The number of aldehydes is 1. The molecule has 0 spiro atoms. The summed E-state index contributed by atoms with van der Waals surface area (Å²) in [4.78, 5) is 73.4. The summed E-state index contributed by atoms with van der Waals surface area (Å²) in [5.74, 6) is -0.734. The van der Waals surface area contributed by atoms with Crippen molar-refractivity contribution in [1.29, 1.82) is 0 Å². The lowest BCUT2D eigenvalue weighted by atomic mass is 10.1. The molecule has 1 fully saturated rings. The second-order valence-corrected chi connectivity index (χ2v) is 15.7. The van der Waals surface area contributed by atoms with Crippen LogP contribution >= 0.6 is 0 Å². The molecule has 4 aromatic heterocycles. The van der Waals surface area contributed by atoms with Crippen LogP contribution in [0.1, 0.15) is 39.3 Å². The van der Waals surface area contributed by atoms with Crippen LogP contribution in [0.15, 0.2) is 79.6 Å². The summed E-state index contributed by atoms with van der Waals surface area (Å²) < 4.78 is 20.7. The maximum atomic E-state index is 13.3. The van der Waals surface area contributed by atoms with E-state index in [0.29, 0.717) is 93.4 Å². The first-order chi connectivity index (χ1) is 32.8. The lowest BCUT2D eigenvalue weighted by Crippen LogP contribution is -2.48. The number of nitrogens with one attached hydrogen (secondary N) is 3. The first-order valence-electron chi connectivity index (χ1n) is 22.1. The van der Waals surface area contributed by atoms with Crippen molar-refractivity contribution >= 4 is 58.4 Å². The molecule has 67 heavy (non-hydrogen) atoms. The number of nitrogens with two attached hydrogens (primary N) is 1. The highest BCUT2D eigenvalue weighted by molar-refractivity contribution is 6.25. The molecule has 6 aromatic rings. The van der Waals surface area contributed by atoms with E-state index in [1.807, 2.05) is 35.1 Å². The predicted octanol–water partition coefficient (Wildman–Crippen LogP) is 2.28. The third-order valence-electron chi connectivity index (χ3n) is 11.3. The molecule has 2 aliphatic rings. The van der Waals surface area contributed by atoms with Crippen molar-refractivity contribution in [3.05, 3.63) is 96.5 Å². The van der Waals surface area contributed by atoms with Crippen molar-refractivity contribution in [2.45, 2.75) is 32.0 Å². The van der Waals surface area contributed by atoms with E-state index < -0.39 is 23.8 Å². The van der Waals surface area contributed by atoms with Gasteiger partial charge >= 0.3 is 0 Å². The summed E-state index contributed by atoms with van der Waals surface area (Å²) in [6.45, 7) is 7.60. The van der Waals surface area contributed by atoms with Crippen molar-refractivity contribution in [2.24, 2.45) is 0 Å². The molecule has 1 atom stereocenters. The lowest BCUT2D eigenvalue weighted by molar-refractivity contribution is -0.124. The fraction of sp³-hybridized carbons (Fsp3) is 0.378. The first kappa shape index (κ1) is 46.1. The average Bonchev–Trinajstić information content (AvgIpc) is 4.08. The zero-order valence-electron chi connectivity index (χ0n) is 37.1. The maximum Gasteiger partial charge on any atom is 0.264 e. The Hall–Kier alpha value is -7.40. The van der Waals surface area contributed by atoms with E-state index in [1.54, 1.807) is 35.3 Å². The second kappa shape index (κ2) is 22.2. The van der Waals surface area contributed by atoms with Gasteiger partial charge in [0.2, 0.25) is 5.91 Å². The number of nitrogens with zero attached hydrogens (tertiary/aromatic N) is 11. The quantitative estimate of drug-likeness (QED) is 0.0386. The van der Waals surface area contributed by atoms with Gasteiger partial charge in [0.25, 0.3) is 11.8 Å². The van der Waals surface area contributed by atoms with Crippen molar-refractivity contribution in [2.75, 3.05) is 101 Å². The molecule has 0 aliphatic carbocycles. The molecule has 6 heterocycles. The highest BCUT2D eigenvalue weighted by Crippen LogP contribution is 2.32. The molecule has 2 aromatic carbocycles. The minimum absolute atomic E-state index is 0.0365. The molecular formula is C45H53N15O7. The third-order valence-corrected chi connectivity index (χ3v) is 11.3. The number of amides is 3. The SMILES string of the molecule is CNC(=O)C(CCC=O)N1C(=O)c2cccc(NCCOCCOCCOCCn3cc(CN4CCN(c5ccc(Nc6nc(-c7cncc(N)n7)cn7ccnc67)cc5)CC4)nn3)c2C1=O. The molecule has 22 nitrogen and oxygen atoms in total. The zero-order chi connectivity index (χ0) is 46.5. The van der Waals surface area contributed by atoms with E-state index >= 15 is 0 Å². The molecule has 1 unspecified atom stereocenters. The second-order valence-electron chi connectivity index (χ2n) is 15.7. The topological polar surface area (TPSA) is 254 Å². The monoisotopic (exact) mass is 915 g/mol. The number of aromatic nitrogens is 8. The Kier molecular flexibility index (Phi) is 15.3. The normalized spacial score (nSPS) is 14.4. The molecule has 0 radical (unpaired) electrons. The van der Waals surface area contributed by atoms with Crippen molar-refractivity contribution < 1.29 is 33.4 Å². The molecule has 5 N–H and O–H groups in total. The number of carbonyl (C=O) groups excluding carboxylic acids is 4. The number of hydrogen-bond acceptors (Lipinski definition) is 18. The number of imide groups is 1. The van der Waals surface area contributed by atoms with Crippen LogP contribution in [0, 0.1) is 0 Å². The number of rotatable bonds is 24. The highest BCUT2D eigenvalue weighted by atomic mass is 16.5. The molecule has 350 valence electrons. The number of imidazole rings is 1. The number of ether oxygens (including phenoxy) is 3. The Bertz CT molecular complexity index is 2650. The summed E-state index contributed by atoms with van der Waals surface area (Å²) in [5, 5.41) is 17.7. The van der Waals surface area contributed by atoms with Crippen LogP contribution in [0.4, 0.5) is 28.7 Å². The third kappa shape index (κ3) is 11.4. The van der Waals surface area contributed by atoms with E-state index in [0.717, 1.165) is 54.7 Å². The van der Waals surface area contributed by atoms with Crippen LogP contribution < -0.4 is 26.6 Å². The van der Waals surface area contributed by atoms with Gasteiger partial charge < -0.3 is 50.0 Å². The Morgan fingerprint density at radius 2 is 1.67 bits per heavy atom. The summed E-state index contributed by atoms with van der Waals surface area (Å²) in [6, 6.07) is 12.2. The number of anilines is 5. The average molecular weight is 916 g/mol. The molecule has 1 saturated heterocycles. The number of piperazine rings is 1. The molecule has 3 amide bonds. The molecule has 0 saturated carbocycles. The van der Waals surface area contributed by atoms with Crippen LogP contribution in [0.5, 0.6) is 0 Å². The number of likely N-dealkylation sites (N-methyl/N-ethyl adjacent to an activating group) is 1. The van der Waals surface area contributed by atoms with Crippen LogP contribution in [-0.2, 0) is 36.9 Å². The molecular weight excluding hydrogens is 863 g/mol. The fourth-order valence-electron chi connectivity index (χ4n) is 7.91. The van der Waals surface area contributed by atoms with Gasteiger partial charge in [-0.05, 0) is 42.8 Å². The van der Waals surface area contributed by atoms with Gasteiger partial charge in [0, 0.05) is 94.6 Å².